The lowest BCUT2D eigenvalue weighted by atomic mass is 10.2. The molecule has 0 N–H and O–H groups in total. The summed E-state index contributed by atoms with van der Waals surface area (Å²) in [5.41, 5.74) is 1.78. The molecule has 2 rings (SSSR count). The van der Waals surface area contributed by atoms with Crippen LogP contribution in [0.3, 0.4) is 0 Å². The Balaban J connectivity index is 2.06. The zero-order valence-electron chi connectivity index (χ0n) is 9.67. The lowest BCUT2D eigenvalue weighted by Gasteiger charge is -2.06. The Morgan fingerprint density at radius 1 is 1.24 bits per heavy atom. The van der Waals surface area contributed by atoms with Crippen LogP contribution in [0, 0.1) is 5.21 Å². The van der Waals surface area contributed by atoms with Gasteiger partial charge in [0.05, 0.1) is 0 Å². The molecule has 2 aromatic rings. The molecule has 0 amide bonds. The highest BCUT2D eigenvalue weighted by molar-refractivity contribution is 5.14. The van der Waals surface area contributed by atoms with Crippen molar-refractivity contribution >= 4 is 0 Å². The van der Waals surface area contributed by atoms with Crippen LogP contribution in [-0.2, 0) is 13.0 Å². The maximum atomic E-state index is 11.3. The first kappa shape index (κ1) is 11.4. The Bertz CT molecular complexity index is 486. The summed E-state index contributed by atoms with van der Waals surface area (Å²) in [5, 5.41) is 11.3. The molecule has 1 aromatic heterocycles. The number of ether oxygens (including phenoxy) is 1. The van der Waals surface area contributed by atoms with E-state index < -0.39 is 0 Å². The molecule has 0 fully saturated rings. The minimum Gasteiger partial charge on any atom is -0.619 e. The van der Waals surface area contributed by atoms with Gasteiger partial charge in [-0.15, -0.1) is 0 Å². The normalized spacial score (nSPS) is 10.2. The first-order valence-electron chi connectivity index (χ1n) is 5.54. The molecule has 0 saturated heterocycles. The van der Waals surface area contributed by atoms with Gasteiger partial charge in [-0.05, 0) is 12.0 Å². The van der Waals surface area contributed by atoms with Crippen molar-refractivity contribution in [3.05, 3.63) is 59.2 Å². The van der Waals surface area contributed by atoms with E-state index in [0.717, 1.165) is 16.0 Å². The molecule has 1 aromatic carbocycles. The van der Waals surface area contributed by atoms with Gasteiger partial charge in [-0.2, -0.15) is 4.73 Å². The van der Waals surface area contributed by atoms with Gasteiger partial charge < -0.3 is 9.94 Å². The molecular weight excluding hydrogens is 216 g/mol. The van der Waals surface area contributed by atoms with E-state index >= 15 is 0 Å². The zero-order valence-corrected chi connectivity index (χ0v) is 9.67. The van der Waals surface area contributed by atoms with Gasteiger partial charge in [0.15, 0.2) is 0 Å². The molecule has 0 unspecified atom stereocenters. The highest BCUT2D eigenvalue weighted by Crippen LogP contribution is 2.08. The molecule has 1 heterocycles. The van der Waals surface area contributed by atoms with Crippen LogP contribution in [0.4, 0.5) is 0 Å². The minimum atomic E-state index is 0.364. The summed E-state index contributed by atoms with van der Waals surface area (Å²) in [5.74, 6) is 0.364. The summed E-state index contributed by atoms with van der Waals surface area (Å²) < 4.78 is 6.21. The number of benzene rings is 1. The molecule has 0 atom stereocenters. The zero-order chi connectivity index (χ0) is 12.1. The van der Waals surface area contributed by atoms with Crippen LogP contribution in [0.5, 0.6) is 5.88 Å². The van der Waals surface area contributed by atoms with Crippen LogP contribution in [0.2, 0.25) is 0 Å². The molecule has 88 valence electrons. The number of rotatable bonds is 4. The first-order chi connectivity index (χ1) is 8.28. The van der Waals surface area contributed by atoms with Crippen molar-refractivity contribution in [1.29, 1.82) is 0 Å². The van der Waals surface area contributed by atoms with Gasteiger partial charge in [-0.3, -0.25) is 0 Å². The van der Waals surface area contributed by atoms with E-state index in [0.29, 0.717) is 18.9 Å². The van der Waals surface area contributed by atoms with Gasteiger partial charge in [0, 0.05) is 0 Å². The molecule has 4 nitrogen and oxygen atoms in total. The monoisotopic (exact) mass is 230 g/mol. The molecule has 0 bridgehead atoms. The average Bonchev–Trinajstić information content (AvgIpc) is 2.37. The smallest absolute Gasteiger partial charge is 0.281 e. The summed E-state index contributed by atoms with van der Waals surface area (Å²) in [6.45, 7) is 2.37. The van der Waals surface area contributed by atoms with Gasteiger partial charge in [0.25, 0.3) is 5.88 Å². The second-order valence-corrected chi connectivity index (χ2v) is 3.69. The maximum absolute atomic E-state index is 11.3. The van der Waals surface area contributed by atoms with Gasteiger partial charge in [0.1, 0.15) is 12.3 Å². The fraction of sp³-hybridized carbons (Fsp3) is 0.231. The number of aryl methyl sites for hydroxylation is 1. The summed E-state index contributed by atoms with van der Waals surface area (Å²) >= 11 is 0. The second kappa shape index (κ2) is 5.30. The van der Waals surface area contributed by atoms with Crippen LogP contribution >= 0.6 is 0 Å². The van der Waals surface area contributed by atoms with E-state index in [1.165, 1.54) is 12.4 Å². The molecule has 17 heavy (non-hydrogen) atoms. The largest absolute Gasteiger partial charge is 0.619 e. The predicted octanol–water partition coefficient (Wildman–Crippen LogP) is 1.86. The lowest BCUT2D eigenvalue weighted by Crippen LogP contribution is -2.26. The quantitative estimate of drug-likeness (QED) is 0.595. The van der Waals surface area contributed by atoms with Crippen LogP contribution in [0.1, 0.15) is 18.2 Å². The van der Waals surface area contributed by atoms with Crippen molar-refractivity contribution < 1.29 is 9.47 Å². The van der Waals surface area contributed by atoms with Gasteiger partial charge in [-0.1, -0.05) is 37.3 Å². The Morgan fingerprint density at radius 2 is 2.00 bits per heavy atom. The molecule has 4 heteroatoms. The molecule has 0 aliphatic rings. The fourth-order valence-electron chi connectivity index (χ4n) is 1.46. The fourth-order valence-corrected chi connectivity index (χ4v) is 1.46. The van der Waals surface area contributed by atoms with Crippen molar-refractivity contribution in [3.63, 3.8) is 0 Å². The van der Waals surface area contributed by atoms with Crippen molar-refractivity contribution in [1.82, 2.24) is 4.98 Å². The molecule has 0 saturated carbocycles. The number of nitrogens with zero attached hydrogens (tertiary/aromatic N) is 2. The number of hydrogen-bond acceptors (Lipinski definition) is 3. The van der Waals surface area contributed by atoms with E-state index in [1.807, 2.05) is 37.3 Å². The van der Waals surface area contributed by atoms with Crippen LogP contribution in [0.25, 0.3) is 0 Å². The Kier molecular flexibility index (Phi) is 3.55. The minimum absolute atomic E-state index is 0.364. The third-order valence-corrected chi connectivity index (χ3v) is 2.36. The van der Waals surface area contributed by atoms with Crippen molar-refractivity contribution in [2.45, 2.75) is 20.0 Å². The van der Waals surface area contributed by atoms with Gasteiger partial charge in [-0.25, -0.2) is 4.98 Å². The summed E-state index contributed by atoms with van der Waals surface area (Å²) in [6.07, 6.45) is 3.50. The molecule has 0 radical (unpaired) electrons. The van der Waals surface area contributed by atoms with Gasteiger partial charge in [0.2, 0.25) is 12.4 Å². The standard InChI is InChI=1S/C13H14N2O2/c1-2-12-8-15(16)9-13(14-12)17-10-11-6-4-3-5-7-11/h3-9H,2,10H2,1H3. The van der Waals surface area contributed by atoms with E-state index in [1.54, 1.807) is 0 Å². The third-order valence-electron chi connectivity index (χ3n) is 2.36. The second-order valence-electron chi connectivity index (χ2n) is 3.69. The SMILES string of the molecule is CCc1c[n+]([O-])cc(OCc2ccccc2)n1. The highest BCUT2D eigenvalue weighted by Gasteiger charge is 2.05. The highest BCUT2D eigenvalue weighted by atomic mass is 16.5. The van der Waals surface area contributed by atoms with Crippen LogP contribution in [-0.4, -0.2) is 4.98 Å². The number of aromatic nitrogens is 2. The average molecular weight is 230 g/mol. The molecular formula is C13H14N2O2. The van der Waals surface area contributed by atoms with E-state index in [4.69, 9.17) is 4.74 Å². The molecule has 0 spiro atoms. The summed E-state index contributed by atoms with van der Waals surface area (Å²) in [7, 11) is 0. The van der Waals surface area contributed by atoms with Crippen molar-refractivity contribution in [2.75, 3.05) is 0 Å². The predicted molar refractivity (Wildman–Crippen MR) is 63.3 cm³/mol. The summed E-state index contributed by atoms with van der Waals surface area (Å²) in [6, 6.07) is 9.78. The van der Waals surface area contributed by atoms with Gasteiger partial charge >= 0.3 is 0 Å². The molecule has 0 aliphatic heterocycles. The Hall–Kier alpha value is -2.10. The lowest BCUT2D eigenvalue weighted by molar-refractivity contribution is -0.607. The van der Waals surface area contributed by atoms with Crippen molar-refractivity contribution in [2.24, 2.45) is 0 Å². The van der Waals surface area contributed by atoms with Crippen LogP contribution < -0.4 is 9.47 Å². The Morgan fingerprint density at radius 3 is 2.71 bits per heavy atom. The van der Waals surface area contributed by atoms with Crippen LogP contribution in [0.15, 0.2) is 42.7 Å². The molecule has 0 aliphatic carbocycles. The number of hydrogen-bond donors (Lipinski definition) is 0. The van der Waals surface area contributed by atoms with E-state index in [9.17, 15) is 5.21 Å². The van der Waals surface area contributed by atoms with E-state index in [2.05, 4.69) is 4.98 Å². The topological polar surface area (TPSA) is 49.1 Å². The maximum Gasteiger partial charge on any atom is 0.281 e. The third kappa shape index (κ3) is 3.17. The summed E-state index contributed by atoms with van der Waals surface area (Å²) in [4.78, 5) is 4.22. The Labute approximate surface area is 100 Å². The first-order valence-corrected chi connectivity index (χ1v) is 5.54. The van der Waals surface area contributed by atoms with Crippen molar-refractivity contribution in [3.8, 4) is 5.88 Å². The van der Waals surface area contributed by atoms with E-state index in [-0.39, 0.29) is 0 Å².